The molecule has 4 heteroatoms. The fraction of sp³-hybridized carbons (Fsp3) is 0.588. The molecule has 1 amide bonds. The van der Waals surface area contributed by atoms with E-state index in [0.717, 1.165) is 6.54 Å². The lowest BCUT2D eigenvalue weighted by Crippen LogP contribution is -2.43. The molecule has 1 aromatic rings. The summed E-state index contributed by atoms with van der Waals surface area (Å²) in [6, 6.07) is 7.90. The standard InChI is InChI=1S/C17H27N3O/c1-13(2)16(18)17(21)19-11-14-7-3-4-8-15(14)12-20-9-5-6-10-20/h3-4,7-8,13,16H,5-6,9-12,18H2,1-2H3,(H,19,21)/t16-/m0/s1. The van der Waals surface area contributed by atoms with Crippen LogP contribution in [0.2, 0.25) is 0 Å². The van der Waals surface area contributed by atoms with E-state index in [1.54, 1.807) is 0 Å². The molecular formula is C17H27N3O. The number of likely N-dealkylation sites (tertiary alicyclic amines) is 1. The van der Waals surface area contributed by atoms with E-state index in [1.807, 2.05) is 19.9 Å². The minimum Gasteiger partial charge on any atom is -0.351 e. The van der Waals surface area contributed by atoms with Gasteiger partial charge in [-0.25, -0.2) is 0 Å². The van der Waals surface area contributed by atoms with Crippen LogP contribution < -0.4 is 11.1 Å². The van der Waals surface area contributed by atoms with E-state index in [1.165, 1.54) is 37.1 Å². The number of amides is 1. The third kappa shape index (κ3) is 4.55. The molecule has 1 heterocycles. The molecule has 116 valence electrons. The largest absolute Gasteiger partial charge is 0.351 e. The molecule has 1 aliphatic rings. The fourth-order valence-corrected chi connectivity index (χ4v) is 2.67. The van der Waals surface area contributed by atoms with Gasteiger partial charge in [-0.3, -0.25) is 9.69 Å². The van der Waals surface area contributed by atoms with Crippen LogP contribution in [0.4, 0.5) is 0 Å². The van der Waals surface area contributed by atoms with Crippen LogP contribution in [0.25, 0.3) is 0 Å². The van der Waals surface area contributed by atoms with Crippen molar-refractivity contribution in [1.29, 1.82) is 0 Å². The van der Waals surface area contributed by atoms with Crippen LogP contribution in [0.15, 0.2) is 24.3 Å². The van der Waals surface area contributed by atoms with Crippen LogP contribution in [0.3, 0.4) is 0 Å². The lowest BCUT2D eigenvalue weighted by molar-refractivity contribution is -0.123. The van der Waals surface area contributed by atoms with Gasteiger partial charge in [0.1, 0.15) is 0 Å². The Balaban J connectivity index is 1.94. The number of carbonyl (C=O) groups excluding carboxylic acids is 1. The second-order valence-electron chi connectivity index (χ2n) is 6.24. The first-order chi connectivity index (χ1) is 10.1. The normalized spacial score (nSPS) is 17.1. The summed E-state index contributed by atoms with van der Waals surface area (Å²) in [6.45, 7) is 7.82. The summed E-state index contributed by atoms with van der Waals surface area (Å²) in [6.07, 6.45) is 2.59. The summed E-state index contributed by atoms with van der Waals surface area (Å²) in [4.78, 5) is 14.4. The van der Waals surface area contributed by atoms with Crippen molar-refractivity contribution in [3.63, 3.8) is 0 Å². The quantitative estimate of drug-likeness (QED) is 0.840. The summed E-state index contributed by atoms with van der Waals surface area (Å²) in [5.74, 6) is 0.0887. The highest BCUT2D eigenvalue weighted by atomic mass is 16.2. The number of nitrogens with one attached hydrogen (secondary N) is 1. The van der Waals surface area contributed by atoms with E-state index in [9.17, 15) is 4.79 Å². The smallest absolute Gasteiger partial charge is 0.237 e. The Morgan fingerprint density at radius 3 is 2.48 bits per heavy atom. The average Bonchev–Trinajstić information content (AvgIpc) is 2.98. The second-order valence-corrected chi connectivity index (χ2v) is 6.24. The summed E-state index contributed by atoms with van der Waals surface area (Å²) in [7, 11) is 0. The van der Waals surface area contributed by atoms with Crippen LogP contribution in [-0.2, 0) is 17.9 Å². The Labute approximate surface area is 127 Å². The fourth-order valence-electron chi connectivity index (χ4n) is 2.67. The molecule has 4 nitrogen and oxygen atoms in total. The molecule has 1 aromatic carbocycles. The molecule has 3 N–H and O–H groups in total. The zero-order valence-electron chi connectivity index (χ0n) is 13.1. The molecule has 0 aromatic heterocycles. The number of nitrogens with zero attached hydrogens (tertiary/aromatic N) is 1. The zero-order chi connectivity index (χ0) is 15.2. The van der Waals surface area contributed by atoms with Crippen molar-refractivity contribution in [2.45, 2.75) is 45.8 Å². The lowest BCUT2D eigenvalue weighted by atomic mass is 10.0. The van der Waals surface area contributed by atoms with Crippen LogP contribution in [0.1, 0.15) is 37.8 Å². The van der Waals surface area contributed by atoms with Gasteiger partial charge in [0.2, 0.25) is 5.91 Å². The van der Waals surface area contributed by atoms with Gasteiger partial charge in [-0.05, 0) is 43.0 Å². The summed E-state index contributed by atoms with van der Waals surface area (Å²) < 4.78 is 0. The van der Waals surface area contributed by atoms with Gasteiger partial charge in [-0.1, -0.05) is 38.1 Å². The number of benzene rings is 1. The molecule has 0 aliphatic carbocycles. The number of carbonyl (C=O) groups is 1. The van der Waals surface area contributed by atoms with Crippen molar-refractivity contribution < 1.29 is 4.79 Å². The third-order valence-corrected chi connectivity index (χ3v) is 4.19. The minimum absolute atomic E-state index is 0.0685. The highest BCUT2D eigenvalue weighted by molar-refractivity contribution is 5.81. The van der Waals surface area contributed by atoms with Crippen LogP contribution in [0.5, 0.6) is 0 Å². The van der Waals surface area contributed by atoms with Crippen molar-refractivity contribution in [1.82, 2.24) is 10.2 Å². The molecule has 0 radical (unpaired) electrons. The molecule has 0 saturated carbocycles. The monoisotopic (exact) mass is 289 g/mol. The molecule has 0 spiro atoms. The molecule has 1 atom stereocenters. The van der Waals surface area contributed by atoms with E-state index in [4.69, 9.17) is 5.73 Å². The molecule has 0 bridgehead atoms. The number of rotatable bonds is 6. The maximum absolute atomic E-state index is 12.0. The predicted octanol–water partition coefficient (Wildman–Crippen LogP) is 1.88. The third-order valence-electron chi connectivity index (χ3n) is 4.19. The van der Waals surface area contributed by atoms with Crippen molar-refractivity contribution in [3.05, 3.63) is 35.4 Å². The summed E-state index contributed by atoms with van der Waals surface area (Å²) >= 11 is 0. The summed E-state index contributed by atoms with van der Waals surface area (Å²) in [5.41, 5.74) is 8.37. The average molecular weight is 289 g/mol. The first-order valence-electron chi connectivity index (χ1n) is 7.90. The molecule has 1 saturated heterocycles. The SMILES string of the molecule is CC(C)[C@H](N)C(=O)NCc1ccccc1CN1CCCC1. The van der Waals surface area contributed by atoms with Gasteiger partial charge in [0.15, 0.2) is 0 Å². The maximum Gasteiger partial charge on any atom is 0.237 e. The van der Waals surface area contributed by atoms with Gasteiger partial charge in [-0.2, -0.15) is 0 Å². The van der Waals surface area contributed by atoms with E-state index < -0.39 is 6.04 Å². The van der Waals surface area contributed by atoms with Crippen molar-refractivity contribution >= 4 is 5.91 Å². The predicted molar refractivity (Wildman–Crippen MR) is 85.6 cm³/mol. The maximum atomic E-state index is 12.0. The van der Waals surface area contributed by atoms with Gasteiger partial charge in [-0.15, -0.1) is 0 Å². The molecule has 21 heavy (non-hydrogen) atoms. The second kappa shape index (κ2) is 7.57. The molecule has 1 aliphatic heterocycles. The van der Waals surface area contributed by atoms with Gasteiger partial charge in [0.05, 0.1) is 6.04 Å². The van der Waals surface area contributed by atoms with Gasteiger partial charge >= 0.3 is 0 Å². The lowest BCUT2D eigenvalue weighted by Gasteiger charge is -2.19. The van der Waals surface area contributed by atoms with E-state index in [-0.39, 0.29) is 11.8 Å². The summed E-state index contributed by atoms with van der Waals surface area (Å²) in [5, 5.41) is 2.96. The number of hydrogen-bond acceptors (Lipinski definition) is 3. The van der Waals surface area contributed by atoms with E-state index in [0.29, 0.717) is 6.54 Å². The molecule has 0 unspecified atom stereocenters. The Bertz CT molecular complexity index is 467. The van der Waals surface area contributed by atoms with Crippen molar-refractivity contribution in [2.24, 2.45) is 11.7 Å². The Morgan fingerprint density at radius 2 is 1.86 bits per heavy atom. The first-order valence-corrected chi connectivity index (χ1v) is 7.90. The van der Waals surface area contributed by atoms with Gasteiger partial charge < -0.3 is 11.1 Å². The van der Waals surface area contributed by atoms with E-state index in [2.05, 4.69) is 28.4 Å². The van der Waals surface area contributed by atoms with Gasteiger partial charge in [0, 0.05) is 13.1 Å². The highest BCUT2D eigenvalue weighted by Crippen LogP contribution is 2.16. The van der Waals surface area contributed by atoms with Crippen LogP contribution >= 0.6 is 0 Å². The topological polar surface area (TPSA) is 58.4 Å². The molecular weight excluding hydrogens is 262 g/mol. The molecule has 2 rings (SSSR count). The van der Waals surface area contributed by atoms with Crippen molar-refractivity contribution in [3.8, 4) is 0 Å². The molecule has 1 fully saturated rings. The minimum atomic E-state index is -0.434. The first kappa shape index (κ1) is 16.0. The Morgan fingerprint density at radius 1 is 1.24 bits per heavy atom. The Hall–Kier alpha value is -1.39. The van der Waals surface area contributed by atoms with Crippen LogP contribution in [0, 0.1) is 5.92 Å². The van der Waals surface area contributed by atoms with Crippen LogP contribution in [-0.4, -0.2) is 29.9 Å². The van der Waals surface area contributed by atoms with E-state index >= 15 is 0 Å². The number of hydrogen-bond donors (Lipinski definition) is 2. The number of nitrogens with two attached hydrogens (primary N) is 1. The highest BCUT2D eigenvalue weighted by Gasteiger charge is 2.17. The zero-order valence-corrected chi connectivity index (χ0v) is 13.1. The Kier molecular flexibility index (Phi) is 5.76. The van der Waals surface area contributed by atoms with Crippen molar-refractivity contribution in [2.75, 3.05) is 13.1 Å². The van der Waals surface area contributed by atoms with Gasteiger partial charge in [0.25, 0.3) is 0 Å².